The van der Waals surface area contributed by atoms with Crippen LogP contribution in [0.3, 0.4) is 0 Å². The van der Waals surface area contributed by atoms with Gasteiger partial charge in [-0.1, -0.05) is 45.5 Å². The summed E-state index contributed by atoms with van der Waals surface area (Å²) in [5.41, 5.74) is 2.85. The van der Waals surface area contributed by atoms with Crippen LogP contribution in [0.25, 0.3) is 0 Å². The molecular formula is C34H27BrFN3O5S2. The van der Waals surface area contributed by atoms with Gasteiger partial charge in [0.05, 0.1) is 22.5 Å². The molecule has 2 aliphatic heterocycles. The van der Waals surface area contributed by atoms with Crippen molar-refractivity contribution in [1.82, 2.24) is 4.98 Å². The van der Waals surface area contributed by atoms with Gasteiger partial charge in [-0.3, -0.25) is 24.1 Å². The van der Waals surface area contributed by atoms with Gasteiger partial charge in [0, 0.05) is 31.8 Å². The Labute approximate surface area is 279 Å². The molecule has 3 heterocycles. The average molecular weight is 721 g/mol. The molecule has 4 aromatic rings. The number of carbonyl (C=O) groups excluding carboxylic acids is 3. The number of thiazole rings is 1. The Morgan fingerprint density at radius 2 is 1.78 bits per heavy atom. The number of H-pyrrole nitrogens is 1. The zero-order valence-electron chi connectivity index (χ0n) is 24.4. The highest BCUT2D eigenvalue weighted by atomic mass is 79.9. The van der Waals surface area contributed by atoms with E-state index in [-0.39, 0.29) is 58.1 Å². The lowest BCUT2D eigenvalue weighted by molar-refractivity contribution is -0.123. The molecule has 3 amide bonds. The van der Waals surface area contributed by atoms with E-state index in [2.05, 4.69) is 26.2 Å². The third-order valence-corrected chi connectivity index (χ3v) is 13.0. The van der Waals surface area contributed by atoms with Crippen LogP contribution in [0.5, 0.6) is 5.75 Å². The van der Waals surface area contributed by atoms with Crippen LogP contribution in [0.2, 0.25) is 0 Å². The SMILES string of the molecule is Cc1ccccc1NC(=O)COc1ccc(Br)cc1[C@@H]1c2sc(=O)[nH]c2S[C@@H]2[C@@H]3C[C@@H]([C@@H]4C(=O)N(c5ccc(F)cc5)C(=O)[C@@H]34)[C@H]12. The molecule has 8 nitrogen and oxygen atoms in total. The maximum atomic E-state index is 14.0. The van der Waals surface area contributed by atoms with Crippen LogP contribution in [0.4, 0.5) is 15.8 Å². The summed E-state index contributed by atoms with van der Waals surface area (Å²) in [6, 6.07) is 18.6. The predicted octanol–water partition coefficient (Wildman–Crippen LogP) is 6.34. The number of aromatic nitrogens is 1. The number of amides is 3. The summed E-state index contributed by atoms with van der Waals surface area (Å²) in [7, 11) is 0. The molecule has 8 rings (SSSR count). The molecule has 1 saturated heterocycles. The number of benzene rings is 3. The van der Waals surface area contributed by atoms with E-state index in [1.807, 2.05) is 49.4 Å². The summed E-state index contributed by atoms with van der Waals surface area (Å²) in [6.45, 7) is 1.70. The molecule has 2 aliphatic carbocycles. The first-order valence-electron chi connectivity index (χ1n) is 15.0. The van der Waals surface area contributed by atoms with E-state index < -0.39 is 17.7 Å². The molecule has 2 bridgehead atoms. The summed E-state index contributed by atoms with van der Waals surface area (Å²) in [5.74, 6) is -2.20. The first kappa shape index (κ1) is 29.6. The number of nitrogens with one attached hydrogen (secondary N) is 2. The number of nitrogens with zero attached hydrogens (tertiary/aromatic N) is 1. The highest BCUT2D eigenvalue weighted by molar-refractivity contribution is 9.10. The summed E-state index contributed by atoms with van der Waals surface area (Å²) < 4.78 is 20.7. The lowest BCUT2D eigenvalue weighted by atomic mass is 9.68. The number of thioether (sulfide) groups is 1. The number of hydrogen-bond donors (Lipinski definition) is 2. The summed E-state index contributed by atoms with van der Waals surface area (Å²) in [4.78, 5) is 58.5. The third kappa shape index (κ3) is 4.67. The van der Waals surface area contributed by atoms with Gasteiger partial charge < -0.3 is 15.0 Å². The first-order chi connectivity index (χ1) is 22.2. The molecule has 12 heteroatoms. The molecule has 3 aromatic carbocycles. The van der Waals surface area contributed by atoms with Crippen LogP contribution in [0, 0.1) is 42.3 Å². The second-order valence-electron chi connectivity index (χ2n) is 12.3. The number of carbonyl (C=O) groups is 3. The van der Waals surface area contributed by atoms with E-state index in [1.54, 1.807) is 11.8 Å². The molecule has 3 fully saturated rings. The van der Waals surface area contributed by atoms with Crippen LogP contribution in [-0.2, 0) is 14.4 Å². The van der Waals surface area contributed by atoms with Crippen LogP contribution >= 0.6 is 39.0 Å². The zero-order chi connectivity index (χ0) is 31.9. The number of para-hydroxylation sites is 1. The van der Waals surface area contributed by atoms with Crippen LogP contribution in [-0.4, -0.2) is 34.6 Å². The fourth-order valence-electron chi connectivity index (χ4n) is 8.15. The van der Waals surface area contributed by atoms with Crippen molar-refractivity contribution in [3.63, 3.8) is 0 Å². The van der Waals surface area contributed by atoms with Crippen LogP contribution < -0.4 is 19.8 Å². The highest BCUT2D eigenvalue weighted by Gasteiger charge is 2.69. The molecule has 46 heavy (non-hydrogen) atoms. The van der Waals surface area contributed by atoms with Crippen molar-refractivity contribution < 1.29 is 23.5 Å². The number of imide groups is 1. The molecular weight excluding hydrogens is 693 g/mol. The monoisotopic (exact) mass is 719 g/mol. The predicted molar refractivity (Wildman–Crippen MR) is 177 cm³/mol. The Hall–Kier alpha value is -3.74. The van der Waals surface area contributed by atoms with Crippen molar-refractivity contribution in [2.75, 3.05) is 16.8 Å². The molecule has 1 aromatic heterocycles. The minimum Gasteiger partial charge on any atom is -0.483 e. The number of aryl methyl sites for hydroxylation is 1. The van der Waals surface area contributed by atoms with Crippen molar-refractivity contribution in [3.8, 4) is 5.75 Å². The number of halogens is 2. The van der Waals surface area contributed by atoms with Gasteiger partial charge in [-0.2, -0.15) is 0 Å². The molecule has 7 atom stereocenters. The topological polar surface area (TPSA) is 109 Å². The molecule has 2 N–H and O–H groups in total. The number of hydrogen-bond acceptors (Lipinski definition) is 7. The largest absolute Gasteiger partial charge is 0.483 e. The molecule has 0 unspecified atom stereocenters. The first-order valence-corrected chi connectivity index (χ1v) is 17.5. The van der Waals surface area contributed by atoms with Crippen molar-refractivity contribution >= 4 is 68.1 Å². The van der Waals surface area contributed by atoms with Gasteiger partial charge in [-0.05, 0) is 85.2 Å². The molecule has 2 saturated carbocycles. The van der Waals surface area contributed by atoms with Crippen molar-refractivity contribution in [2.24, 2.45) is 29.6 Å². The summed E-state index contributed by atoms with van der Waals surface area (Å²) in [6.07, 6.45) is 0.727. The maximum Gasteiger partial charge on any atom is 0.305 e. The minimum absolute atomic E-state index is 0.0184. The second-order valence-corrected chi connectivity index (χ2v) is 15.4. The van der Waals surface area contributed by atoms with Gasteiger partial charge in [0.1, 0.15) is 11.6 Å². The summed E-state index contributed by atoms with van der Waals surface area (Å²) in [5, 5.41) is 3.67. The second kappa shape index (κ2) is 11.2. The molecule has 0 spiro atoms. The highest BCUT2D eigenvalue weighted by Crippen LogP contribution is 2.69. The van der Waals surface area contributed by atoms with Crippen molar-refractivity contribution in [1.29, 1.82) is 0 Å². The fraction of sp³-hybridized carbons (Fsp3) is 0.294. The number of ether oxygens (including phenoxy) is 1. The Morgan fingerprint density at radius 1 is 1.04 bits per heavy atom. The number of aromatic amines is 1. The quantitative estimate of drug-likeness (QED) is 0.225. The Kier molecular flexibility index (Phi) is 7.22. The number of anilines is 2. The lowest BCUT2D eigenvalue weighted by Crippen LogP contribution is -2.42. The smallest absolute Gasteiger partial charge is 0.305 e. The normalized spacial score (nSPS) is 27.4. The Morgan fingerprint density at radius 3 is 2.54 bits per heavy atom. The standard InChI is InChI=1S/C34H27BrFN3O5S2/c1-15-4-2-3-5-22(15)37-24(40)14-44-23-11-6-16(35)12-19(23)25-26-20-13-21(29(26)45-31-30(25)46-34(43)38-31)28-27(20)32(41)39(33(28)42)18-9-7-17(36)8-10-18/h2-12,20-21,25-29H,13-14H2,1H3,(H,37,40)(H,38,43)/t20-,21-,25+,26-,27+,28+,29-/m1/s1. The Bertz CT molecular complexity index is 1980. The van der Waals surface area contributed by atoms with Gasteiger partial charge in [0.2, 0.25) is 11.8 Å². The van der Waals surface area contributed by atoms with Gasteiger partial charge in [0.15, 0.2) is 6.61 Å². The third-order valence-electron chi connectivity index (χ3n) is 9.89. The van der Waals surface area contributed by atoms with Gasteiger partial charge in [0.25, 0.3) is 5.91 Å². The van der Waals surface area contributed by atoms with Gasteiger partial charge >= 0.3 is 4.87 Å². The molecule has 0 radical (unpaired) electrons. The lowest BCUT2D eigenvalue weighted by Gasteiger charge is -2.43. The fourth-order valence-corrected chi connectivity index (χ4v) is 11.4. The number of rotatable bonds is 6. The molecule has 4 aliphatic rings. The van der Waals surface area contributed by atoms with Gasteiger partial charge in [-0.15, -0.1) is 11.8 Å². The average Bonchev–Trinajstić information content (AvgIpc) is 3.77. The van der Waals surface area contributed by atoms with Crippen LogP contribution in [0.15, 0.2) is 81.0 Å². The number of fused-ring (bicyclic) bond motifs is 9. The van der Waals surface area contributed by atoms with E-state index in [0.717, 1.165) is 43.3 Å². The van der Waals surface area contributed by atoms with E-state index in [9.17, 15) is 23.6 Å². The minimum atomic E-state index is -0.500. The van der Waals surface area contributed by atoms with E-state index in [1.165, 1.54) is 29.2 Å². The maximum absolute atomic E-state index is 14.0. The van der Waals surface area contributed by atoms with E-state index in [4.69, 9.17) is 4.74 Å². The van der Waals surface area contributed by atoms with E-state index >= 15 is 0 Å². The van der Waals surface area contributed by atoms with Crippen molar-refractivity contribution in [2.45, 2.75) is 29.5 Å². The molecule has 234 valence electrons. The van der Waals surface area contributed by atoms with Gasteiger partial charge in [-0.25, -0.2) is 4.39 Å². The van der Waals surface area contributed by atoms with E-state index in [0.29, 0.717) is 17.1 Å². The van der Waals surface area contributed by atoms with Crippen LogP contribution in [0.1, 0.15) is 28.3 Å². The summed E-state index contributed by atoms with van der Waals surface area (Å²) >= 11 is 6.37. The zero-order valence-corrected chi connectivity index (χ0v) is 27.6. The van der Waals surface area contributed by atoms with Crippen molar-refractivity contribution in [3.05, 3.63) is 103 Å². The Balaban J connectivity index is 1.15.